The van der Waals surface area contributed by atoms with Crippen LogP contribution in [0.2, 0.25) is 5.15 Å². The summed E-state index contributed by atoms with van der Waals surface area (Å²) in [5, 5.41) is 0.142. The number of hydrogen-bond acceptors (Lipinski definition) is 2. The number of rotatable bonds is 4. The summed E-state index contributed by atoms with van der Waals surface area (Å²) < 4.78 is 1.14. The average molecular weight is 293 g/mol. The Balaban J connectivity index is 2.64. The van der Waals surface area contributed by atoms with Crippen LogP contribution in [0.4, 0.5) is 0 Å². The lowest BCUT2D eigenvalue weighted by Gasteiger charge is -2.09. The number of aromatic nitrogens is 2. The van der Waals surface area contributed by atoms with Crippen LogP contribution in [-0.4, -0.2) is 9.55 Å². The first kappa shape index (κ1) is 14.6. The lowest BCUT2D eigenvalue weighted by Crippen LogP contribution is -2.36. The lowest BCUT2D eigenvalue weighted by molar-refractivity contribution is 0.811. The van der Waals surface area contributed by atoms with E-state index >= 15 is 0 Å². The molecule has 1 heterocycles. The second-order valence-corrected chi connectivity index (χ2v) is 5.01. The van der Waals surface area contributed by atoms with E-state index in [1.54, 1.807) is 12.1 Å². The van der Waals surface area contributed by atoms with E-state index in [9.17, 15) is 9.59 Å². The van der Waals surface area contributed by atoms with Crippen molar-refractivity contribution in [1.82, 2.24) is 9.55 Å². The first-order valence-corrected chi connectivity index (χ1v) is 7.09. The topological polar surface area (TPSA) is 54.9 Å². The first-order chi connectivity index (χ1) is 9.58. The van der Waals surface area contributed by atoms with Gasteiger partial charge in [-0.25, -0.2) is 9.36 Å². The largest absolute Gasteiger partial charge is 0.334 e. The van der Waals surface area contributed by atoms with Crippen LogP contribution in [0.25, 0.3) is 5.69 Å². The van der Waals surface area contributed by atoms with Gasteiger partial charge in [-0.2, -0.15) is 0 Å². The number of benzene rings is 1. The molecular weight excluding hydrogens is 276 g/mol. The van der Waals surface area contributed by atoms with E-state index in [1.807, 2.05) is 19.1 Å². The minimum atomic E-state index is -0.510. The molecule has 0 radical (unpaired) electrons. The van der Waals surface area contributed by atoms with Crippen molar-refractivity contribution >= 4 is 11.6 Å². The van der Waals surface area contributed by atoms with Gasteiger partial charge in [-0.15, -0.1) is 0 Å². The predicted octanol–water partition coefficient (Wildman–Crippen LogP) is 2.69. The third-order valence-corrected chi connectivity index (χ3v) is 3.57. The van der Waals surface area contributed by atoms with Gasteiger partial charge < -0.3 is 0 Å². The minimum Gasteiger partial charge on any atom is -0.297 e. The summed E-state index contributed by atoms with van der Waals surface area (Å²) >= 11 is 5.95. The molecule has 20 heavy (non-hydrogen) atoms. The van der Waals surface area contributed by atoms with Crippen molar-refractivity contribution in [2.24, 2.45) is 0 Å². The van der Waals surface area contributed by atoms with Gasteiger partial charge in [-0.1, -0.05) is 44.0 Å². The van der Waals surface area contributed by atoms with E-state index in [4.69, 9.17) is 11.6 Å². The molecule has 0 spiro atoms. The number of aryl methyl sites for hydroxylation is 1. The van der Waals surface area contributed by atoms with Crippen molar-refractivity contribution in [1.29, 1.82) is 0 Å². The van der Waals surface area contributed by atoms with Crippen LogP contribution in [0.5, 0.6) is 0 Å². The molecule has 1 aromatic carbocycles. The fourth-order valence-corrected chi connectivity index (χ4v) is 2.38. The summed E-state index contributed by atoms with van der Waals surface area (Å²) in [6.45, 7) is 4.01. The van der Waals surface area contributed by atoms with Gasteiger partial charge in [0, 0.05) is 0 Å². The highest BCUT2D eigenvalue weighted by Gasteiger charge is 2.13. The standard InChI is InChI=1S/C15H17ClN2O2/c1-3-5-12-13(16)17-15(20)18(14(12)19)11-8-6-10(4-2)7-9-11/h6-9H,3-5H2,1-2H3,(H,17,20). The molecule has 0 fully saturated rings. The van der Waals surface area contributed by atoms with Crippen molar-refractivity contribution in [3.63, 3.8) is 0 Å². The van der Waals surface area contributed by atoms with E-state index < -0.39 is 5.69 Å². The number of nitrogens with one attached hydrogen (secondary N) is 1. The van der Waals surface area contributed by atoms with Crippen molar-refractivity contribution in [3.8, 4) is 5.69 Å². The van der Waals surface area contributed by atoms with Crippen LogP contribution in [0.15, 0.2) is 33.9 Å². The maximum absolute atomic E-state index is 12.4. The molecule has 5 heteroatoms. The summed E-state index contributed by atoms with van der Waals surface area (Å²) in [5.41, 5.74) is 1.31. The summed E-state index contributed by atoms with van der Waals surface area (Å²) in [6, 6.07) is 7.38. The van der Waals surface area contributed by atoms with Gasteiger partial charge in [0.15, 0.2) is 0 Å². The van der Waals surface area contributed by atoms with Gasteiger partial charge in [0.2, 0.25) is 0 Å². The molecule has 4 nitrogen and oxygen atoms in total. The van der Waals surface area contributed by atoms with E-state index in [0.717, 1.165) is 23.0 Å². The third kappa shape index (κ3) is 2.70. The van der Waals surface area contributed by atoms with Crippen LogP contribution in [0.3, 0.4) is 0 Å². The molecule has 1 aromatic heterocycles. The van der Waals surface area contributed by atoms with Crippen molar-refractivity contribution in [2.45, 2.75) is 33.1 Å². The van der Waals surface area contributed by atoms with Gasteiger partial charge in [0.1, 0.15) is 5.15 Å². The molecule has 0 aliphatic carbocycles. The number of hydrogen-bond donors (Lipinski definition) is 1. The first-order valence-electron chi connectivity index (χ1n) is 6.71. The molecule has 0 saturated heterocycles. The zero-order valence-electron chi connectivity index (χ0n) is 11.6. The molecule has 1 N–H and O–H groups in total. The zero-order valence-corrected chi connectivity index (χ0v) is 12.3. The Morgan fingerprint density at radius 3 is 2.35 bits per heavy atom. The highest BCUT2D eigenvalue weighted by atomic mass is 35.5. The molecule has 106 valence electrons. The normalized spacial score (nSPS) is 10.8. The Labute approximate surface area is 122 Å². The van der Waals surface area contributed by atoms with E-state index in [-0.39, 0.29) is 10.7 Å². The predicted molar refractivity (Wildman–Crippen MR) is 81.0 cm³/mol. The lowest BCUT2D eigenvalue weighted by atomic mass is 10.1. The fourth-order valence-electron chi connectivity index (χ4n) is 2.13. The molecule has 0 amide bonds. The van der Waals surface area contributed by atoms with E-state index in [1.165, 1.54) is 0 Å². The Bertz CT molecular complexity index is 714. The van der Waals surface area contributed by atoms with Gasteiger partial charge in [0.25, 0.3) is 5.56 Å². The SMILES string of the molecule is CCCc1c(Cl)[nH]c(=O)n(-c2ccc(CC)cc2)c1=O. The number of nitrogens with zero attached hydrogens (tertiary/aromatic N) is 1. The molecular formula is C15H17ClN2O2. The molecule has 0 unspecified atom stereocenters. The van der Waals surface area contributed by atoms with Crippen LogP contribution in [-0.2, 0) is 12.8 Å². The highest BCUT2D eigenvalue weighted by molar-refractivity contribution is 6.30. The van der Waals surface area contributed by atoms with Crippen LogP contribution in [0.1, 0.15) is 31.4 Å². The minimum absolute atomic E-state index is 0.142. The highest BCUT2D eigenvalue weighted by Crippen LogP contribution is 2.11. The van der Waals surface area contributed by atoms with Gasteiger partial charge in [-0.05, 0) is 30.5 Å². The molecule has 2 aromatic rings. The van der Waals surface area contributed by atoms with Crippen LogP contribution >= 0.6 is 11.6 Å². The maximum atomic E-state index is 12.4. The smallest absolute Gasteiger partial charge is 0.297 e. The quantitative estimate of drug-likeness (QED) is 0.881. The second kappa shape index (κ2) is 6.09. The molecule has 0 atom stereocenters. The van der Waals surface area contributed by atoms with Crippen LogP contribution < -0.4 is 11.2 Å². The maximum Gasteiger partial charge on any atom is 0.334 e. The Hall–Kier alpha value is -1.81. The average Bonchev–Trinajstić information content (AvgIpc) is 2.44. The van der Waals surface area contributed by atoms with Gasteiger partial charge >= 0.3 is 5.69 Å². The summed E-state index contributed by atoms with van der Waals surface area (Å²) in [5.74, 6) is 0. The second-order valence-electron chi connectivity index (χ2n) is 4.63. The van der Waals surface area contributed by atoms with Crippen molar-refractivity contribution < 1.29 is 0 Å². The van der Waals surface area contributed by atoms with Gasteiger partial charge in [0.05, 0.1) is 11.3 Å². The Morgan fingerprint density at radius 2 is 1.80 bits per heavy atom. The molecule has 0 bridgehead atoms. The number of aromatic amines is 1. The summed E-state index contributed by atoms with van der Waals surface area (Å²) in [6.07, 6.45) is 2.24. The van der Waals surface area contributed by atoms with Crippen LogP contribution in [0, 0.1) is 0 Å². The molecule has 0 aliphatic heterocycles. The Morgan fingerprint density at radius 1 is 1.15 bits per heavy atom. The van der Waals surface area contributed by atoms with Gasteiger partial charge in [-0.3, -0.25) is 9.78 Å². The van der Waals surface area contributed by atoms with Crippen molar-refractivity contribution in [3.05, 3.63) is 61.4 Å². The Kier molecular flexibility index (Phi) is 4.45. The third-order valence-electron chi connectivity index (χ3n) is 3.25. The van der Waals surface area contributed by atoms with Crippen molar-refractivity contribution in [2.75, 3.05) is 0 Å². The van der Waals surface area contributed by atoms with E-state index in [0.29, 0.717) is 17.7 Å². The number of halogens is 1. The summed E-state index contributed by atoms with van der Waals surface area (Å²) in [4.78, 5) is 26.9. The zero-order chi connectivity index (χ0) is 14.7. The number of H-pyrrole nitrogens is 1. The molecule has 2 rings (SSSR count). The fraction of sp³-hybridized carbons (Fsp3) is 0.333. The molecule has 0 aliphatic rings. The monoisotopic (exact) mass is 292 g/mol. The molecule has 0 saturated carbocycles. The summed E-state index contributed by atoms with van der Waals surface area (Å²) in [7, 11) is 0. The van der Waals surface area contributed by atoms with E-state index in [2.05, 4.69) is 11.9 Å².